The van der Waals surface area contributed by atoms with Crippen LogP contribution >= 0.6 is 15.9 Å². The molecule has 0 aliphatic carbocycles. The minimum Gasteiger partial charge on any atom is -0.407 e. The number of rotatable bonds is 2. The molecule has 0 aliphatic heterocycles. The summed E-state index contributed by atoms with van der Waals surface area (Å²) in [5.41, 5.74) is 0.738. The van der Waals surface area contributed by atoms with Gasteiger partial charge in [-0.05, 0) is 35.7 Å². The number of ether oxygens (including phenoxy) is 1. The van der Waals surface area contributed by atoms with Crippen molar-refractivity contribution in [1.29, 1.82) is 0 Å². The van der Waals surface area contributed by atoms with E-state index in [0.29, 0.717) is 5.75 Å². The smallest absolute Gasteiger partial charge is 0.143 e. The standard InChI is InChI=1S/C15H11BrO2/c16-13-8-6-12(7-9-13)15(17)10-11-18-14-4-2-1-3-5-14/h1-9,15,17H. The molecule has 2 aromatic rings. The van der Waals surface area contributed by atoms with E-state index in [1.165, 1.54) is 0 Å². The topological polar surface area (TPSA) is 29.5 Å². The van der Waals surface area contributed by atoms with Crippen molar-refractivity contribution in [2.75, 3.05) is 0 Å². The van der Waals surface area contributed by atoms with Gasteiger partial charge in [0.05, 0.1) is 0 Å². The van der Waals surface area contributed by atoms with Gasteiger partial charge in [0, 0.05) is 4.47 Å². The normalized spacial score (nSPS) is 11.2. The van der Waals surface area contributed by atoms with Crippen molar-refractivity contribution < 1.29 is 9.84 Å². The van der Waals surface area contributed by atoms with Crippen molar-refractivity contribution in [3.05, 3.63) is 64.6 Å². The predicted octanol–water partition coefficient (Wildman–Crippen LogP) is 3.52. The fraction of sp³-hybridized carbons (Fsp3) is 0.0667. The van der Waals surface area contributed by atoms with Crippen LogP contribution < -0.4 is 4.74 Å². The minimum absolute atomic E-state index is 0.660. The van der Waals surface area contributed by atoms with Crippen LogP contribution in [0.2, 0.25) is 0 Å². The van der Waals surface area contributed by atoms with E-state index in [1.807, 2.05) is 42.5 Å². The highest BCUT2D eigenvalue weighted by atomic mass is 79.9. The lowest BCUT2D eigenvalue weighted by molar-refractivity contribution is 0.237. The quantitative estimate of drug-likeness (QED) is 0.860. The van der Waals surface area contributed by atoms with Gasteiger partial charge < -0.3 is 9.84 Å². The Morgan fingerprint density at radius 2 is 1.67 bits per heavy atom. The van der Waals surface area contributed by atoms with Gasteiger partial charge in [-0.15, -0.1) is 0 Å². The Kier molecular flexibility index (Phi) is 4.40. The molecule has 0 fully saturated rings. The summed E-state index contributed by atoms with van der Waals surface area (Å²) in [6.45, 7) is 0. The second kappa shape index (κ2) is 6.25. The number of hydrogen-bond donors (Lipinski definition) is 1. The highest BCUT2D eigenvalue weighted by Crippen LogP contribution is 2.16. The SMILES string of the molecule is OC(C#COc1ccccc1)c1ccc(Br)cc1. The van der Waals surface area contributed by atoms with Crippen molar-refractivity contribution in [2.45, 2.75) is 6.10 Å². The molecule has 2 rings (SSSR count). The first-order valence-electron chi connectivity index (χ1n) is 5.41. The average molecular weight is 303 g/mol. The molecule has 0 spiro atoms. The summed E-state index contributed by atoms with van der Waals surface area (Å²) in [6.07, 6.45) is 1.66. The van der Waals surface area contributed by atoms with Gasteiger partial charge in [0.1, 0.15) is 18.0 Å². The third kappa shape index (κ3) is 3.63. The molecule has 0 aliphatic rings. The Morgan fingerprint density at radius 1 is 1.00 bits per heavy atom. The van der Waals surface area contributed by atoms with E-state index in [2.05, 4.69) is 28.0 Å². The third-order valence-electron chi connectivity index (χ3n) is 2.29. The molecule has 2 nitrogen and oxygen atoms in total. The molecule has 3 heteroatoms. The molecule has 0 radical (unpaired) electrons. The fourth-order valence-electron chi connectivity index (χ4n) is 1.36. The molecular formula is C15H11BrO2. The molecule has 90 valence electrons. The molecule has 0 heterocycles. The number of aliphatic hydroxyl groups is 1. The number of para-hydroxylation sites is 1. The lowest BCUT2D eigenvalue weighted by Crippen LogP contribution is -1.94. The molecule has 1 N–H and O–H groups in total. The van der Waals surface area contributed by atoms with Crippen molar-refractivity contribution >= 4 is 15.9 Å². The lowest BCUT2D eigenvalue weighted by Gasteiger charge is -2.02. The minimum atomic E-state index is -0.846. The first kappa shape index (κ1) is 12.7. The van der Waals surface area contributed by atoms with E-state index >= 15 is 0 Å². The van der Waals surface area contributed by atoms with Crippen LogP contribution in [0.4, 0.5) is 0 Å². The molecule has 0 bridgehead atoms. The van der Waals surface area contributed by atoms with E-state index in [0.717, 1.165) is 10.0 Å². The Bertz CT molecular complexity index is 553. The van der Waals surface area contributed by atoms with Gasteiger partial charge >= 0.3 is 0 Å². The maximum Gasteiger partial charge on any atom is 0.143 e. The molecular weight excluding hydrogens is 292 g/mol. The average Bonchev–Trinajstić information content (AvgIpc) is 2.40. The first-order valence-corrected chi connectivity index (χ1v) is 6.21. The monoisotopic (exact) mass is 302 g/mol. The number of halogens is 1. The summed E-state index contributed by atoms with van der Waals surface area (Å²) in [7, 11) is 0. The van der Waals surface area contributed by atoms with E-state index < -0.39 is 6.10 Å². The zero-order chi connectivity index (χ0) is 12.8. The highest BCUT2D eigenvalue weighted by molar-refractivity contribution is 9.10. The van der Waals surface area contributed by atoms with Crippen LogP contribution in [0.15, 0.2) is 59.1 Å². The second-order valence-corrected chi connectivity index (χ2v) is 4.53. The Morgan fingerprint density at radius 3 is 2.33 bits per heavy atom. The van der Waals surface area contributed by atoms with Crippen LogP contribution in [-0.2, 0) is 0 Å². The predicted molar refractivity (Wildman–Crippen MR) is 73.9 cm³/mol. The van der Waals surface area contributed by atoms with Crippen molar-refractivity contribution in [2.24, 2.45) is 0 Å². The molecule has 0 saturated heterocycles. The number of hydrogen-bond acceptors (Lipinski definition) is 2. The maximum absolute atomic E-state index is 9.82. The van der Waals surface area contributed by atoms with Gasteiger partial charge in [-0.1, -0.05) is 46.3 Å². The van der Waals surface area contributed by atoms with Gasteiger partial charge in [0.15, 0.2) is 0 Å². The van der Waals surface area contributed by atoms with Gasteiger partial charge in [0.2, 0.25) is 0 Å². The summed E-state index contributed by atoms with van der Waals surface area (Å²) >= 11 is 3.34. The Balaban J connectivity index is 2.00. The van der Waals surface area contributed by atoms with Crippen molar-refractivity contribution in [1.82, 2.24) is 0 Å². The number of aliphatic hydroxyl groups excluding tert-OH is 1. The van der Waals surface area contributed by atoms with Crippen LogP contribution in [0.1, 0.15) is 11.7 Å². The van der Waals surface area contributed by atoms with Crippen molar-refractivity contribution in [3.8, 4) is 17.8 Å². The van der Waals surface area contributed by atoms with Gasteiger partial charge in [-0.2, -0.15) is 0 Å². The molecule has 0 amide bonds. The molecule has 18 heavy (non-hydrogen) atoms. The molecule has 1 atom stereocenters. The third-order valence-corrected chi connectivity index (χ3v) is 2.82. The van der Waals surface area contributed by atoms with Gasteiger partial charge in [-0.25, -0.2) is 0 Å². The highest BCUT2D eigenvalue weighted by Gasteiger charge is 2.02. The van der Waals surface area contributed by atoms with Gasteiger partial charge in [0.25, 0.3) is 0 Å². The van der Waals surface area contributed by atoms with E-state index in [-0.39, 0.29) is 0 Å². The summed E-state index contributed by atoms with van der Waals surface area (Å²) in [5, 5.41) is 9.82. The summed E-state index contributed by atoms with van der Waals surface area (Å²) in [4.78, 5) is 0. The van der Waals surface area contributed by atoms with Crippen molar-refractivity contribution in [3.63, 3.8) is 0 Å². The van der Waals surface area contributed by atoms with Crippen LogP contribution in [0.25, 0.3) is 0 Å². The van der Waals surface area contributed by atoms with Crippen LogP contribution in [0.3, 0.4) is 0 Å². The van der Waals surface area contributed by atoms with E-state index in [4.69, 9.17) is 4.74 Å². The first-order chi connectivity index (χ1) is 8.75. The number of benzene rings is 2. The van der Waals surface area contributed by atoms with Crippen LogP contribution in [-0.4, -0.2) is 5.11 Å². The summed E-state index contributed by atoms with van der Waals surface area (Å²) < 4.78 is 6.16. The molecule has 0 aromatic heterocycles. The second-order valence-electron chi connectivity index (χ2n) is 3.62. The summed E-state index contributed by atoms with van der Waals surface area (Å²) in [5.74, 6) is 3.30. The van der Waals surface area contributed by atoms with E-state index in [9.17, 15) is 5.11 Å². The zero-order valence-electron chi connectivity index (χ0n) is 9.51. The van der Waals surface area contributed by atoms with Crippen LogP contribution in [0.5, 0.6) is 5.75 Å². The largest absolute Gasteiger partial charge is 0.407 e. The van der Waals surface area contributed by atoms with E-state index in [1.54, 1.807) is 12.1 Å². The maximum atomic E-state index is 9.82. The molecule has 0 saturated carbocycles. The fourth-order valence-corrected chi connectivity index (χ4v) is 1.63. The Hall–Kier alpha value is -1.76. The molecule has 2 aromatic carbocycles. The summed E-state index contributed by atoms with van der Waals surface area (Å²) in [6, 6.07) is 16.6. The Labute approximate surface area is 114 Å². The van der Waals surface area contributed by atoms with Crippen LogP contribution in [0, 0.1) is 12.0 Å². The zero-order valence-corrected chi connectivity index (χ0v) is 11.1. The lowest BCUT2D eigenvalue weighted by atomic mass is 10.1. The molecule has 1 unspecified atom stereocenters. The van der Waals surface area contributed by atoms with Gasteiger partial charge in [-0.3, -0.25) is 0 Å².